The van der Waals surface area contributed by atoms with E-state index in [-0.39, 0.29) is 32.0 Å². The minimum absolute atomic E-state index is 0.0314. The average Bonchev–Trinajstić information content (AvgIpc) is 2.78. The van der Waals surface area contributed by atoms with Crippen LogP contribution in [0.5, 0.6) is 0 Å². The molecule has 3 rings (SSSR count). The fourth-order valence-corrected chi connectivity index (χ4v) is 3.89. The highest BCUT2D eigenvalue weighted by Gasteiger charge is 2.51. The fourth-order valence-electron chi connectivity index (χ4n) is 3.89. The summed E-state index contributed by atoms with van der Waals surface area (Å²) in [5, 5.41) is 32.5. The van der Waals surface area contributed by atoms with E-state index in [0.29, 0.717) is 5.56 Å². The van der Waals surface area contributed by atoms with Crippen LogP contribution in [0, 0.1) is 18.3 Å². The number of nitrogens with zero attached hydrogens (tertiary/aromatic N) is 1. The lowest BCUT2D eigenvalue weighted by Crippen LogP contribution is -2.60. The second-order valence-electron chi connectivity index (χ2n) is 7.98. The van der Waals surface area contributed by atoms with E-state index in [0.717, 1.165) is 16.7 Å². The molecule has 1 saturated carbocycles. The fraction of sp³-hybridized carbons (Fsp3) is 0.417. The Balaban J connectivity index is 1.75. The first kappa shape index (κ1) is 22.9. The smallest absolute Gasteiger partial charge is 0.252 e. The van der Waals surface area contributed by atoms with Crippen molar-refractivity contribution < 1.29 is 24.5 Å². The third-order valence-electron chi connectivity index (χ3n) is 5.63. The summed E-state index contributed by atoms with van der Waals surface area (Å²) in [5.41, 5.74) is 2.03. The highest BCUT2D eigenvalue weighted by Crippen LogP contribution is 2.35. The van der Waals surface area contributed by atoms with Crippen molar-refractivity contribution in [2.75, 3.05) is 7.05 Å². The molecule has 0 unspecified atom stereocenters. The quantitative estimate of drug-likeness (QED) is 0.627. The number of ether oxygens (including phenoxy) is 2. The molecular weight excluding hydrogens is 396 g/mol. The number of hydrogen-bond acceptors (Lipinski definition) is 6. The Morgan fingerprint density at radius 2 is 1.90 bits per heavy atom. The van der Waals surface area contributed by atoms with Crippen LogP contribution in [0.25, 0.3) is 0 Å². The third-order valence-corrected chi connectivity index (χ3v) is 5.63. The number of carbonyl (C=O) groups is 1. The normalized spacial score (nSPS) is 25.6. The maximum atomic E-state index is 12.8. The van der Waals surface area contributed by atoms with E-state index in [4.69, 9.17) is 14.7 Å². The number of rotatable bonds is 7. The molecule has 164 valence electrons. The second-order valence-corrected chi connectivity index (χ2v) is 7.98. The molecule has 2 aromatic carbocycles. The van der Waals surface area contributed by atoms with Gasteiger partial charge in [-0.3, -0.25) is 4.79 Å². The van der Waals surface area contributed by atoms with E-state index < -0.39 is 23.9 Å². The standard InChI is InChI=1S/C24H28N2O5/c1-16-4-3-5-19(10-16)15-31-24(23(29)26-2)11-20(27)22(28)21(12-24)30-14-18-8-6-17(13-25)7-9-18/h3-10,20-22,27-28H,11-12,14-15H2,1-2H3,(H,26,29)/t20-,21+,22-,24+/m1/s1. The number of aryl methyl sites for hydroxylation is 1. The summed E-state index contributed by atoms with van der Waals surface area (Å²) in [6, 6.07) is 16.8. The minimum Gasteiger partial charge on any atom is -0.390 e. The highest BCUT2D eigenvalue weighted by molar-refractivity contribution is 5.85. The van der Waals surface area contributed by atoms with Gasteiger partial charge >= 0.3 is 0 Å². The van der Waals surface area contributed by atoms with Gasteiger partial charge in [-0.15, -0.1) is 0 Å². The topological polar surface area (TPSA) is 112 Å². The van der Waals surface area contributed by atoms with Gasteiger partial charge in [0, 0.05) is 19.9 Å². The third kappa shape index (κ3) is 5.49. The molecule has 4 atom stereocenters. The average molecular weight is 424 g/mol. The number of likely N-dealkylation sites (N-methyl/N-ethyl adjacent to an activating group) is 1. The first-order chi connectivity index (χ1) is 14.9. The number of amides is 1. The van der Waals surface area contributed by atoms with Gasteiger partial charge in [0.05, 0.1) is 37.1 Å². The summed E-state index contributed by atoms with van der Waals surface area (Å²) >= 11 is 0. The summed E-state index contributed by atoms with van der Waals surface area (Å²) in [6.07, 6.45) is -3.04. The number of benzene rings is 2. The molecule has 3 N–H and O–H groups in total. The minimum atomic E-state index is -1.33. The van der Waals surface area contributed by atoms with Gasteiger partial charge in [0.2, 0.25) is 0 Å². The van der Waals surface area contributed by atoms with Crippen LogP contribution < -0.4 is 5.32 Å². The molecule has 2 aromatic rings. The highest BCUT2D eigenvalue weighted by atomic mass is 16.5. The van der Waals surface area contributed by atoms with Crippen LogP contribution in [0.2, 0.25) is 0 Å². The van der Waals surface area contributed by atoms with E-state index in [9.17, 15) is 15.0 Å². The molecule has 1 aliphatic carbocycles. The number of hydrogen-bond donors (Lipinski definition) is 3. The van der Waals surface area contributed by atoms with Crippen molar-refractivity contribution in [2.45, 2.75) is 56.9 Å². The first-order valence-corrected chi connectivity index (χ1v) is 10.3. The van der Waals surface area contributed by atoms with Crippen LogP contribution >= 0.6 is 0 Å². The molecule has 1 amide bonds. The Hall–Kier alpha value is -2.76. The van der Waals surface area contributed by atoms with Crippen molar-refractivity contribution in [3.05, 3.63) is 70.8 Å². The molecule has 0 aliphatic heterocycles. The number of nitrogens with one attached hydrogen (secondary N) is 1. The van der Waals surface area contributed by atoms with Crippen LogP contribution in [0.15, 0.2) is 48.5 Å². The number of carbonyl (C=O) groups excluding carboxylic acids is 1. The molecule has 0 spiro atoms. The van der Waals surface area contributed by atoms with Crippen molar-refractivity contribution >= 4 is 5.91 Å². The Bertz CT molecular complexity index is 940. The molecule has 0 bridgehead atoms. The molecule has 1 aliphatic rings. The van der Waals surface area contributed by atoms with E-state index >= 15 is 0 Å². The molecule has 0 aromatic heterocycles. The number of nitriles is 1. The van der Waals surface area contributed by atoms with Gasteiger partial charge in [0.1, 0.15) is 6.10 Å². The van der Waals surface area contributed by atoms with Crippen molar-refractivity contribution in [3.8, 4) is 6.07 Å². The van der Waals surface area contributed by atoms with Crippen LogP contribution in [-0.2, 0) is 27.5 Å². The maximum Gasteiger partial charge on any atom is 0.252 e. The predicted octanol–water partition coefficient (Wildman–Crippen LogP) is 1.97. The molecule has 0 radical (unpaired) electrons. The van der Waals surface area contributed by atoms with Crippen molar-refractivity contribution in [1.29, 1.82) is 5.26 Å². The lowest BCUT2D eigenvalue weighted by molar-refractivity contribution is -0.199. The Labute approximate surface area is 182 Å². The molecule has 1 fully saturated rings. The van der Waals surface area contributed by atoms with Crippen LogP contribution in [-0.4, -0.2) is 47.1 Å². The lowest BCUT2D eigenvalue weighted by atomic mass is 9.78. The zero-order valence-corrected chi connectivity index (χ0v) is 17.7. The summed E-state index contributed by atoms with van der Waals surface area (Å²) in [4.78, 5) is 12.8. The summed E-state index contributed by atoms with van der Waals surface area (Å²) < 4.78 is 12.0. The zero-order valence-electron chi connectivity index (χ0n) is 17.7. The SMILES string of the molecule is CNC(=O)[C@]1(OCc2cccc(C)c2)C[C@@H](O)[C@@H](O)[C@@H](OCc2ccc(C#N)cc2)C1. The van der Waals surface area contributed by atoms with E-state index in [1.165, 1.54) is 7.05 Å². The lowest BCUT2D eigenvalue weighted by Gasteiger charge is -2.43. The first-order valence-electron chi connectivity index (χ1n) is 10.3. The molecule has 0 heterocycles. The Kier molecular flexibility index (Phi) is 7.42. The molecule has 31 heavy (non-hydrogen) atoms. The van der Waals surface area contributed by atoms with Gasteiger partial charge in [0.25, 0.3) is 5.91 Å². The molecule has 7 heteroatoms. The zero-order chi connectivity index (χ0) is 22.4. The van der Waals surface area contributed by atoms with Crippen LogP contribution in [0.4, 0.5) is 0 Å². The van der Waals surface area contributed by atoms with E-state index in [1.807, 2.05) is 31.2 Å². The monoisotopic (exact) mass is 424 g/mol. The number of aliphatic hydroxyl groups is 2. The Morgan fingerprint density at radius 1 is 1.16 bits per heavy atom. The van der Waals surface area contributed by atoms with Crippen molar-refractivity contribution in [2.24, 2.45) is 0 Å². The molecular formula is C24H28N2O5. The maximum absolute atomic E-state index is 12.8. The van der Waals surface area contributed by atoms with Gasteiger partial charge in [-0.2, -0.15) is 5.26 Å². The van der Waals surface area contributed by atoms with Crippen LogP contribution in [0.1, 0.15) is 35.1 Å². The molecule has 0 saturated heterocycles. The van der Waals surface area contributed by atoms with Gasteiger partial charge in [0.15, 0.2) is 5.60 Å². The van der Waals surface area contributed by atoms with Gasteiger partial charge < -0.3 is 25.0 Å². The number of aliphatic hydroxyl groups excluding tert-OH is 2. The largest absolute Gasteiger partial charge is 0.390 e. The van der Waals surface area contributed by atoms with Gasteiger partial charge in [-0.1, -0.05) is 42.0 Å². The predicted molar refractivity (Wildman–Crippen MR) is 114 cm³/mol. The Morgan fingerprint density at radius 3 is 2.55 bits per heavy atom. The summed E-state index contributed by atoms with van der Waals surface area (Å²) in [5.74, 6) is -0.363. The van der Waals surface area contributed by atoms with Crippen molar-refractivity contribution in [1.82, 2.24) is 5.32 Å². The van der Waals surface area contributed by atoms with Gasteiger partial charge in [-0.25, -0.2) is 0 Å². The summed E-state index contributed by atoms with van der Waals surface area (Å²) in [6.45, 7) is 2.34. The van der Waals surface area contributed by atoms with Crippen molar-refractivity contribution in [3.63, 3.8) is 0 Å². The van der Waals surface area contributed by atoms with E-state index in [1.54, 1.807) is 24.3 Å². The van der Waals surface area contributed by atoms with Crippen LogP contribution in [0.3, 0.4) is 0 Å². The van der Waals surface area contributed by atoms with E-state index in [2.05, 4.69) is 11.4 Å². The molecule has 7 nitrogen and oxygen atoms in total. The van der Waals surface area contributed by atoms with Gasteiger partial charge in [-0.05, 0) is 30.2 Å². The second kappa shape index (κ2) is 10.0. The summed E-state index contributed by atoms with van der Waals surface area (Å²) in [7, 11) is 1.52.